The molecule has 6 nitrogen and oxygen atoms in total. The first kappa shape index (κ1) is 10.5. The third-order valence-electron chi connectivity index (χ3n) is 2.76. The number of nitrogens with one attached hydrogen (secondary N) is 1. The first-order chi connectivity index (χ1) is 8.66. The zero-order valence-corrected chi connectivity index (χ0v) is 9.62. The zero-order valence-electron chi connectivity index (χ0n) is 9.62. The van der Waals surface area contributed by atoms with Crippen molar-refractivity contribution in [1.29, 1.82) is 0 Å². The number of rotatable bonds is 1. The van der Waals surface area contributed by atoms with Crippen molar-refractivity contribution >= 4 is 5.52 Å². The summed E-state index contributed by atoms with van der Waals surface area (Å²) in [6.07, 6.45) is 6.31. The average molecular weight is 242 g/mol. The Morgan fingerprint density at radius 2 is 2.11 bits per heavy atom. The highest BCUT2D eigenvalue weighted by molar-refractivity contribution is 5.48. The maximum atomic E-state index is 12.3. The lowest BCUT2D eigenvalue weighted by Crippen LogP contribution is -2.23. The Morgan fingerprint density at radius 1 is 1.28 bits per heavy atom. The van der Waals surface area contributed by atoms with E-state index in [0.717, 1.165) is 5.69 Å². The summed E-state index contributed by atoms with van der Waals surface area (Å²) in [6, 6.07) is 3.24. The van der Waals surface area contributed by atoms with Gasteiger partial charge in [0.2, 0.25) is 0 Å². The van der Waals surface area contributed by atoms with E-state index in [1.54, 1.807) is 29.2 Å². The number of aryl methyl sites for hydroxylation is 1. The van der Waals surface area contributed by atoms with Crippen LogP contribution in [-0.2, 0) is 0 Å². The van der Waals surface area contributed by atoms with Gasteiger partial charge >= 0.3 is 0 Å². The van der Waals surface area contributed by atoms with E-state index in [4.69, 9.17) is 0 Å². The smallest absolute Gasteiger partial charge is 0.279 e. The van der Waals surface area contributed by atoms with Gasteiger partial charge in [-0.1, -0.05) is 0 Å². The lowest BCUT2D eigenvalue weighted by molar-refractivity contribution is 0.967. The molecule has 3 rings (SSSR count). The van der Waals surface area contributed by atoms with Gasteiger partial charge in [0.1, 0.15) is 11.2 Å². The van der Waals surface area contributed by atoms with Crippen LogP contribution in [0.1, 0.15) is 5.69 Å². The Labute approximate surface area is 101 Å². The van der Waals surface area contributed by atoms with Crippen molar-refractivity contribution in [2.45, 2.75) is 6.92 Å². The van der Waals surface area contributed by atoms with Crippen molar-refractivity contribution in [3.05, 3.63) is 63.5 Å². The number of pyridine rings is 1. The van der Waals surface area contributed by atoms with Crippen molar-refractivity contribution in [2.24, 2.45) is 0 Å². The second-order valence-electron chi connectivity index (χ2n) is 3.99. The molecule has 0 aromatic carbocycles. The third kappa shape index (κ3) is 1.46. The summed E-state index contributed by atoms with van der Waals surface area (Å²) in [4.78, 5) is 30.4. The molecule has 0 aliphatic carbocycles. The fourth-order valence-electron chi connectivity index (χ4n) is 1.89. The number of H-pyrrole nitrogens is 1. The summed E-state index contributed by atoms with van der Waals surface area (Å²) in [5, 5.41) is 0. The summed E-state index contributed by atoms with van der Waals surface area (Å²) < 4.78 is 2.97. The molecular weight excluding hydrogens is 232 g/mol. The number of hydrogen-bond acceptors (Lipinski definition) is 3. The molecule has 0 fully saturated rings. The molecule has 1 N–H and O–H groups in total. The van der Waals surface area contributed by atoms with Gasteiger partial charge in [0, 0.05) is 18.6 Å². The molecule has 90 valence electrons. The topological polar surface area (TPSA) is 72.2 Å². The van der Waals surface area contributed by atoms with Crippen LogP contribution >= 0.6 is 0 Å². The minimum absolute atomic E-state index is 0.254. The predicted octanol–water partition coefficient (Wildman–Crippen LogP) is 0.482. The van der Waals surface area contributed by atoms with Crippen LogP contribution in [0.2, 0.25) is 0 Å². The number of hydrogen-bond donors (Lipinski definition) is 1. The van der Waals surface area contributed by atoms with Crippen molar-refractivity contribution in [1.82, 2.24) is 18.9 Å². The van der Waals surface area contributed by atoms with Gasteiger partial charge in [0.05, 0.1) is 12.0 Å². The van der Waals surface area contributed by atoms with E-state index in [1.165, 1.54) is 16.8 Å². The molecule has 0 unspecified atom stereocenters. The number of aromatic amines is 1. The molecule has 0 spiro atoms. The lowest BCUT2D eigenvalue weighted by Gasteiger charge is -2.04. The minimum Gasteiger partial charge on any atom is -0.326 e. The van der Waals surface area contributed by atoms with E-state index in [9.17, 15) is 9.59 Å². The third-order valence-corrected chi connectivity index (χ3v) is 2.76. The largest absolute Gasteiger partial charge is 0.326 e. The number of aromatic nitrogens is 4. The first-order valence-corrected chi connectivity index (χ1v) is 5.41. The van der Waals surface area contributed by atoms with E-state index in [-0.39, 0.29) is 11.1 Å². The molecule has 6 heteroatoms. The van der Waals surface area contributed by atoms with Gasteiger partial charge in [-0.05, 0) is 19.1 Å². The summed E-state index contributed by atoms with van der Waals surface area (Å²) in [5.74, 6) is 0. The molecule has 0 saturated heterocycles. The highest BCUT2D eigenvalue weighted by Gasteiger charge is 2.07. The van der Waals surface area contributed by atoms with Crippen molar-refractivity contribution in [3.8, 4) is 5.69 Å². The van der Waals surface area contributed by atoms with Crippen molar-refractivity contribution < 1.29 is 0 Å². The van der Waals surface area contributed by atoms with Crippen LogP contribution in [0.25, 0.3) is 11.2 Å². The highest BCUT2D eigenvalue weighted by atomic mass is 16.1. The molecule has 0 radical (unpaired) electrons. The molecule has 3 aromatic heterocycles. The molecule has 18 heavy (non-hydrogen) atoms. The van der Waals surface area contributed by atoms with E-state index >= 15 is 0 Å². The second kappa shape index (κ2) is 3.69. The van der Waals surface area contributed by atoms with Crippen LogP contribution in [0, 0.1) is 6.92 Å². The summed E-state index contributed by atoms with van der Waals surface area (Å²) in [7, 11) is 0. The molecule has 0 amide bonds. The molecule has 0 atom stereocenters. The van der Waals surface area contributed by atoms with Crippen molar-refractivity contribution in [2.75, 3.05) is 0 Å². The van der Waals surface area contributed by atoms with Gasteiger partial charge in [-0.25, -0.2) is 4.98 Å². The van der Waals surface area contributed by atoms with Crippen LogP contribution in [0.15, 0.2) is 46.6 Å². The first-order valence-electron chi connectivity index (χ1n) is 5.41. The average Bonchev–Trinajstić information content (AvgIpc) is 2.77. The van der Waals surface area contributed by atoms with Crippen LogP contribution in [0.5, 0.6) is 0 Å². The van der Waals surface area contributed by atoms with Gasteiger partial charge in [0.25, 0.3) is 11.1 Å². The van der Waals surface area contributed by atoms with E-state index in [1.807, 2.05) is 6.92 Å². The summed E-state index contributed by atoms with van der Waals surface area (Å²) in [5.41, 5.74) is 1.06. The fourth-order valence-corrected chi connectivity index (χ4v) is 1.89. The Bertz CT molecular complexity index is 841. The molecule has 0 aliphatic rings. The van der Waals surface area contributed by atoms with Crippen molar-refractivity contribution in [3.63, 3.8) is 0 Å². The van der Waals surface area contributed by atoms with Gasteiger partial charge in [0.15, 0.2) is 0 Å². The van der Waals surface area contributed by atoms with Gasteiger partial charge < -0.3 is 9.55 Å². The Kier molecular flexibility index (Phi) is 2.16. The maximum Gasteiger partial charge on any atom is 0.279 e. The van der Waals surface area contributed by atoms with Crippen LogP contribution in [-0.4, -0.2) is 18.9 Å². The number of fused-ring (bicyclic) bond motifs is 1. The normalized spacial score (nSPS) is 10.9. The van der Waals surface area contributed by atoms with Gasteiger partial charge in [-0.2, -0.15) is 0 Å². The van der Waals surface area contributed by atoms with E-state index < -0.39 is 0 Å². The summed E-state index contributed by atoms with van der Waals surface area (Å²) in [6.45, 7) is 1.85. The molecular formula is C12H10N4O2. The summed E-state index contributed by atoms with van der Waals surface area (Å²) >= 11 is 0. The standard InChI is InChI=1S/C12H10N4O2/c1-8-6-15(7-14-8)10-3-2-9-11(17)13-4-5-16(9)12(10)18/h2-7H,1H3,(H,13,17). The quantitative estimate of drug-likeness (QED) is 0.674. The predicted molar refractivity (Wildman–Crippen MR) is 66.1 cm³/mol. The molecule has 0 saturated carbocycles. The van der Waals surface area contributed by atoms with E-state index in [2.05, 4.69) is 9.97 Å². The van der Waals surface area contributed by atoms with Crippen LogP contribution < -0.4 is 11.1 Å². The van der Waals surface area contributed by atoms with Gasteiger partial charge in [-0.3, -0.25) is 14.0 Å². The fraction of sp³-hybridized carbons (Fsp3) is 0.0833. The monoisotopic (exact) mass is 242 g/mol. The Balaban J connectivity index is 2.37. The zero-order chi connectivity index (χ0) is 12.7. The second-order valence-corrected chi connectivity index (χ2v) is 3.99. The SMILES string of the molecule is Cc1cn(-c2ccc3c(=O)[nH]ccn3c2=O)cn1. The maximum absolute atomic E-state index is 12.3. The Hall–Kier alpha value is -2.63. The highest BCUT2D eigenvalue weighted by Crippen LogP contribution is 2.04. The molecule has 3 heterocycles. The number of imidazole rings is 1. The van der Waals surface area contributed by atoms with Crippen LogP contribution in [0.4, 0.5) is 0 Å². The lowest BCUT2D eigenvalue weighted by atomic mass is 10.3. The number of nitrogens with zero attached hydrogens (tertiary/aromatic N) is 3. The minimum atomic E-state index is -0.289. The van der Waals surface area contributed by atoms with E-state index in [0.29, 0.717) is 11.2 Å². The molecule has 0 bridgehead atoms. The molecule has 3 aromatic rings. The van der Waals surface area contributed by atoms with Gasteiger partial charge in [-0.15, -0.1) is 0 Å². The van der Waals surface area contributed by atoms with Crippen LogP contribution in [0.3, 0.4) is 0 Å². The Morgan fingerprint density at radius 3 is 2.83 bits per heavy atom. The molecule has 0 aliphatic heterocycles.